The van der Waals surface area contributed by atoms with E-state index < -0.39 is 0 Å². The average molecular weight is 424 g/mol. The molecule has 0 radical (unpaired) electrons. The quantitative estimate of drug-likeness (QED) is 0.593. The second-order valence-electron chi connectivity index (χ2n) is 7.74. The number of hydrogen-bond acceptors (Lipinski definition) is 2. The molecule has 0 bridgehead atoms. The molecule has 1 saturated heterocycles. The van der Waals surface area contributed by atoms with Crippen molar-refractivity contribution in [3.8, 4) is 11.8 Å². The van der Waals surface area contributed by atoms with E-state index >= 15 is 0 Å². The van der Waals surface area contributed by atoms with E-state index in [-0.39, 0.29) is 11.9 Å². The number of nitrogens with zero attached hydrogens (tertiary/aromatic N) is 1. The Morgan fingerprint density at radius 1 is 0.875 bits per heavy atom. The molecule has 1 aliphatic rings. The lowest BCUT2D eigenvalue weighted by atomic mass is 10.1. The Balaban J connectivity index is 1.31. The van der Waals surface area contributed by atoms with Gasteiger partial charge in [0.15, 0.2) is 0 Å². The van der Waals surface area contributed by atoms with Crippen LogP contribution in [0.1, 0.15) is 35.1 Å². The lowest BCUT2D eigenvalue weighted by Crippen LogP contribution is -2.28. The van der Waals surface area contributed by atoms with Crippen LogP contribution in [0.5, 0.6) is 0 Å². The number of carbonyl (C=O) groups is 2. The topological polar surface area (TPSA) is 61.4 Å². The molecule has 0 spiro atoms. The SMILES string of the molecule is O=C(NCc1cccc(CN2CCCC2=O)c1)Nc1cccc(C#Cc2ccccc2)c1. The molecule has 0 aliphatic carbocycles. The Hall–Kier alpha value is -4.04. The minimum Gasteiger partial charge on any atom is -0.338 e. The van der Waals surface area contributed by atoms with Crippen LogP contribution in [-0.4, -0.2) is 23.4 Å². The molecule has 1 heterocycles. The van der Waals surface area contributed by atoms with E-state index in [0.29, 0.717) is 25.2 Å². The zero-order chi connectivity index (χ0) is 22.2. The van der Waals surface area contributed by atoms with E-state index in [1.165, 1.54) is 0 Å². The van der Waals surface area contributed by atoms with E-state index in [9.17, 15) is 9.59 Å². The largest absolute Gasteiger partial charge is 0.338 e. The molecule has 160 valence electrons. The summed E-state index contributed by atoms with van der Waals surface area (Å²) in [5, 5.41) is 5.75. The summed E-state index contributed by atoms with van der Waals surface area (Å²) in [4.78, 5) is 26.1. The summed E-state index contributed by atoms with van der Waals surface area (Å²) in [5.74, 6) is 6.45. The van der Waals surface area contributed by atoms with Gasteiger partial charge in [-0.2, -0.15) is 0 Å². The number of nitrogens with one attached hydrogen (secondary N) is 2. The summed E-state index contributed by atoms with van der Waals surface area (Å²) in [6.45, 7) is 1.84. The number of rotatable bonds is 5. The molecule has 1 fully saturated rings. The van der Waals surface area contributed by atoms with E-state index in [2.05, 4.69) is 22.5 Å². The summed E-state index contributed by atoms with van der Waals surface area (Å²) < 4.78 is 0. The number of benzene rings is 3. The summed E-state index contributed by atoms with van der Waals surface area (Å²) in [7, 11) is 0. The van der Waals surface area contributed by atoms with Crippen molar-refractivity contribution in [2.75, 3.05) is 11.9 Å². The summed E-state index contributed by atoms with van der Waals surface area (Å²) >= 11 is 0. The van der Waals surface area contributed by atoms with Crippen molar-refractivity contribution in [2.24, 2.45) is 0 Å². The predicted molar refractivity (Wildman–Crippen MR) is 126 cm³/mol. The fraction of sp³-hybridized carbons (Fsp3) is 0.185. The van der Waals surface area contributed by atoms with Crippen molar-refractivity contribution < 1.29 is 9.59 Å². The highest BCUT2D eigenvalue weighted by molar-refractivity contribution is 5.89. The lowest BCUT2D eigenvalue weighted by Gasteiger charge is -2.16. The van der Waals surface area contributed by atoms with Crippen molar-refractivity contribution in [1.29, 1.82) is 0 Å². The van der Waals surface area contributed by atoms with Gasteiger partial charge in [-0.25, -0.2) is 4.79 Å². The molecule has 3 aromatic carbocycles. The van der Waals surface area contributed by atoms with Gasteiger partial charge in [-0.1, -0.05) is 60.4 Å². The molecular formula is C27H25N3O2. The van der Waals surface area contributed by atoms with Crippen LogP contribution in [0, 0.1) is 11.8 Å². The van der Waals surface area contributed by atoms with Crippen LogP contribution in [0.2, 0.25) is 0 Å². The second kappa shape index (κ2) is 10.3. The van der Waals surface area contributed by atoms with Crippen LogP contribution < -0.4 is 10.6 Å². The zero-order valence-electron chi connectivity index (χ0n) is 17.8. The molecule has 3 aromatic rings. The Morgan fingerprint density at radius 3 is 2.44 bits per heavy atom. The first-order valence-electron chi connectivity index (χ1n) is 10.7. The number of amides is 3. The minimum absolute atomic E-state index is 0.212. The molecule has 5 heteroatoms. The molecule has 1 aliphatic heterocycles. The van der Waals surface area contributed by atoms with E-state index in [1.54, 1.807) is 0 Å². The highest BCUT2D eigenvalue weighted by atomic mass is 16.2. The second-order valence-corrected chi connectivity index (χ2v) is 7.74. The van der Waals surface area contributed by atoms with E-state index in [4.69, 9.17) is 0 Å². The molecule has 2 N–H and O–H groups in total. The lowest BCUT2D eigenvalue weighted by molar-refractivity contribution is -0.128. The van der Waals surface area contributed by atoms with Gasteiger partial charge < -0.3 is 15.5 Å². The Labute approximate surface area is 188 Å². The van der Waals surface area contributed by atoms with Gasteiger partial charge in [0.25, 0.3) is 0 Å². The van der Waals surface area contributed by atoms with Crippen LogP contribution in [0.4, 0.5) is 10.5 Å². The fourth-order valence-corrected chi connectivity index (χ4v) is 3.63. The van der Waals surface area contributed by atoms with Crippen LogP contribution in [0.15, 0.2) is 78.9 Å². The van der Waals surface area contributed by atoms with Crippen molar-refractivity contribution in [1.82, 2.24) is 10.2 Å². The normalized spacial score (nSPS) is 12.8. The third-order valence-electron chi connectivity index (χ3n) is 5.23. The van der Waals surface area contributed by atoms with E-state index in [1.807, 2.05) is 83.8 Å². The van der Waals surface area contributed by atoms with Gasteiger partial charge >= 0.3 is 6.03 Å². The van der Waals surface area contributed by atoms with Crippen molar-refractivity contribution in [3.05, 3.63) is 101 Å². The maximum Gasteiger partial charge on any atom is 0.319 e. The van der Waals surface area contributed by atoms with Crippen LogP contribution in [0.25, 0.3) is 0 Å². The summed E-state index contributed by atoms with van der Waals surface area (Å²) in [5.41, 5.74) is 4.52. The Morgan fingerprint density at radius 2 is 1.62 bits per heavy atom. The molecule has 0 unspecified atom stereocenters. The van der Waals surface area contributed by atoms with Crippen LogP contribution in [-0.2, 0) is 17.9 Å². The van der Waals surface area contributed by atoms with Crippen molar-refractivity contribution in [3.63, 3.8) is 0 Å². The maximum absolute atomic E-state index is 12.4. The van der Waals surface area contributed by atoms with Gasteiger partial charge in [0, 0.05) is 42.9 Å². The monoisotopic (exact) mass is 423 g/mol. The first-order chi connectivity index (χ1) is 15.7. The van der Waals surface area contributed by atoms with Gasteiger partial charge in [0.2, 0.25) is 5.91 Å². The molecule has 0 saturated carbocycles. The first-order valence-corrected chi connectivity index (χ1v) is 10.7. The number of urea groups is 1. The van der Waals surface area contributed by atoms with Crippen LogP contribution >= 0.6 is 0 Å². The molecule has 0 atom stereocenters. The Kier molecular flexibility index (Phi) is 6.84. The average Bonchev–Trinajstić information content (AvgIpc) is 3.22. The zero-order valence-corrected chi connectivity index (χ0v) is 17.8. The predicted octanol–water partition coefficient (Wildman–Crippen LogP) is 4.53. The third-order valence-corrected chi connectivity index (χ3v) is 5.23. The molecule has 32 heavy (non-hydrogen) atoms. The van der Waals surface area contributed by atoms with Crippen molar-refractivity contribution in [2.45, 2.75) is 25.9 Å². The summed E-state index contributed by atoms with van der Waals surface area (Å²) in [6.07, 6.45) is 1.57. The third kappa shape index (κ3) is 5.99. The standard InChI is InChI=1S/C27H25N3O2/c31-26-13-6-16-30(26)20-24-11-4-10-23(17-24)19-28-27(32)29-25-12-5-9-22(18-25)15-14-21-7-2-1-3-8-21/h1-5,7-12,17-18H,6,13,16,19-20H2,(H2,28,29,32). The summed E-state index contributed by atoms with van der Waals surface area (Å²) in [6, 6.07) is 24.9. The maximum atomic E-state index is 12.4. The van der Waals surface area contributed by atoms with Gasteiger partial charge in [0.05, 0.1) is 0 Å². The Bertz CT molecular complexity index is 1160. The molecule has 4 rings (SSSR count). The van der Waals surface area contributed by atoms with Gasteiger partial charge in [-0.05, 0) is 47.9 Å². The minimum atomic E-state index is -0.279. The highest BCUT2D eigenvalue weighted by Gasteiger charge is 2.19. The van der Waals surface area contributed by atoms with Crippen LogP contribution in [0.3, 0.4) is 0 Å². The fourth-order valence-electron chi connectivity index (χ4n) is 3.63. The highest BCUT2D eigenvalue weighted by Crippen LogP contribution is 2.15. The van der Waals surface area contributed by atoms with Gasteiger partial charge in [0.1, 0.15) is 0 Å². The number of hydrogen-bond donors (Lipinski definition) is 2. The van der Waals surface area contributed by atoms with Crippen molar-refractivity contribution >= 4 is 17.6 Å². The number of anilines is 1. The van der Waals surface area contributed by atoms with Gasteiger partial charge in [-0.3, -0.25) is 4.79 Å². The molecular weight excluding hydrogens is 398 g/mol. The molecule has 5 nitrogen and oxygen atoms in total. The first kappa shape index (κ1) is 21.2. The molecule has 0 aromatic heterocycles. The number of carbonyl (C=O) groups excluding carboxylic acids is 2. The smallest absolute Gasteiger partial charge is 0.319 e. The molecule has 3 amide bonds. The number of likely N-dealkylation sites (tertiary alicyclic amines) is 1. The van der Waals surface area contributed by atoms with Gasteiger partial charge in [-0.15, -0.1) is 0 Å². The van der Waals surface area contributed by atoms with E-state index in [0.717, 1.165) is 35.2 Å².